The molecule has 1 heterocycles. The first-order valence-electron chi connectivity index (χ1n) is 12.0. The fourth-order valence-electron chi connectivity index (χ4n) is 3.86. The van der Waals surface area contributed by atoms with Crippen molar-refractivity contribution in [3.05, 3.63) is 65.7 Å². The summed E-state index contributed by atoms with van der Waals surface area (Å²) in [4.78, 5) is 40.9. The molecule has 204 valence electrons. The van der Waals surface area contributed by atoms with E-state index in [2.05, 4.69) is 10.0 Å². The molecule has 1 aliphatic heterocycles. The van der Waals surface area contributed by atoms with Crippen molar-refractivity contribution < 1.29 is 27.5 Å². The lowest BCUT2D eigenvalue weighted by Crippen LogP contribution is -2.54. The van der Waals surface area contributed by atoms with E-state index in [4.69, 9.17) is 15.9 Å². The highest BCUT2D eigenvalue weighted by Gasteiger charge is 2.29. The molecule has 0 spiro atoms. The van der Waals surface area contributed by atoms with E-state index >= 15 is 0 Å². The SMILES string of the molecule is CCOC(=O)[C@H](CNC(=O)CN1CCN(c2ccc(C(=N)N)cc2)CC1=O)NS(=O)(=O)Cc1ccccc1. The molecule has 2 aromatic carbocycles. The van der Waals surface area contributed by atoms with E-state index in [-0.39, 0.29) is 43.7 Å². The fraction of sp³-hybridized carbons (Fsp3) is 0.360. The molecule has 12 nitrogen and oxygen atoms in total. The van der Waals surface area contributed by atoms with Gasteiger partial charge in [-0.05, 0) is 36.8 Å². The van der Waals surface area contributed by atoms with Gasteiger partial charge in [0.05, 0.1) is 25.4 Å². The maximum Gasteiger partial charge on any atom is 0.325 e. The van der Waals surface area contributed by atoms with E-state index in [0.29, 0.717) is 24.2 Å². The number of amides is 2. The van der Waals surface area contributed by atoms with Crippen molar-refractivity contribution in [2.75, 3.05) is 44.2 Å². The van der Waals surface area contributed by atoms with Crippen LogP contribution in [0.5, 0.6) is 0 Å². The minimum Gasteiger partial charge on any atom is -0.465 e. The molecule has 0 bridgehead atoms. The van der Waals surface area contributed by atoms with Crippen LogP contribution in [0.3, 0.4) is 0 Å². The Morgan fingerprint density at radius 3 is 2.39 bits per heavy atom. The number of ether oxygens (including phenoxy) is 1. The summed E-state index contributed by atoms with van der Waals surface area (Å²) in [6.07, 6.45) is 0. The molecule has 0 unspecified atom stereocenters. The molecule has 1 aliphatic rings. The molecule has 1 atom stereocenters. The number of nitrogen functional groups attached to an aromatic ring is 1. The minimum atomic E-state index is -3.91. The highest BCUT2D eigenvalue weighted by atomic mass is 32.2. The van der Waals surface area contributed by atoms with Gasteiger partial charge in [-0.3, -0.25) is 19.8 Å². The van der Waals surface area contributed by atoms with E-state index < -0.39 is 27.9 Å². The lowest BCUT2D eigenvalue weighted by Gasteiger charge is -2.35. The number of nitrogens with one attached hydrogen (secondary N) is 3. The normalized spacial score (nSPS) is 14.6. The molecule has 5 N–H and O–H groups in total. The number of nitrogens with two attached hydrogens (primary N) is 1. The maximum atomic E-state index is 12.7. The molecule has 3 rings (SSSR count). The number of hydrogen-bond acceptors (Lipinski definition) is 8. The molecule has 0 saturated carbocycles. The molecular weight excluding hydrogens is 512 g/mol. The van der Waals surface area contributed by atoms with Gasteiger partial charge in [0.1, 0.15) is 11.9 Å². The smallest absolute Gasteiger partial charge is 0.325 e. The quantitative estimate of drug-likeness (QED) is 0.161. The van der Waals surface area contributed by atoms with Crippen LogP contribution in [0, 0.1) is 5.41 Å². The van der Waals surface area contributed by atoms with Crippen molar-refractivity contribution in [3.8, 4) is 0 Å². The van der Waals surface area contributed by atoms with Gasteiger partial charge in [0.25, 0.3) is 0 Å². The predicted octanol–water partition coefficient (Wildman–Crippen LogP) is -0.213. The van der Waals surface area contributed by atoms with E-state index in [9.17, 15) is 22.8 Å². The summed E-state index contributed by atoms with van der Waals surface area (Å²) < 4.78 is 32.5. The minimum absolute atomic E-state index is 0.0416. The van der Waals surface area contributed by atoms with E-state index in [1.807, 2.05) is 4.90 Å². The summed E-state index contributed by atoms with van der Waals surface area (Å²) in [5.74, 6) is -1.99. The average Bonchev–Trinajstić information content (AvgIpc) is 2.88. The van der Waals surface area contributed by atoms with Gasteiger partial charge in [0.15, 0.2) is 0 Å². The van der Waals surface area contributed by atoms with Crippen LogP contribution in [-0.4, -0.2) is 82.3 Å². The lowest BCUT2D eigenvalue weighted by atomic mass is 10.1. The molecule has 2 amide bonds. The summed E-state index contributed by atoms with van der Waals surface area (Å²) in [5, 5.41) is 10.0. The second-order valence-electron chi connectivity index (χ2n) is 8.67. The number of benzene rings is 2. The molecule has 0 radical (unpaired) electrons. The molecule has 2 aromatic rings. The van der Waals surface area contributed by atoms with E-state index in [1.54, 1.807) is 61.5 Å². The zero-order valence-electron chi connectivity index (χ0n) is 21.1. The predicted molar refractivity (Wildman–Crippen MR) is 142 cm³/mol. The van der Waals surface area contributed by atoms with Gasteiger partial charge < -0.3 is 25.6 Å². The number of nitrogens with zero attached hydrogens (tertiary/aromatic N) is 2. The van der Waals surface area contributed by atoms with Crippen molar-refractivity contribution in [2.24, 2.45) is 5.73 Å². The Bertz CT molecular complexity index is 1250. The number of carbonyl (C=O) groups excluding carboxylic acids is 3. The van der Waals surface area contributed by atoms with Crippen LogP contribution in [0.25, 0.3) is 0 Å². The molecule has 1 fully saturated rings. The van der Waals surface area contributed by atoms with Gasteiger partial charge in [0, 0.05) is 30.9 Å². The Hall–Kier alpha value is -3.97. The van der Waals surface area contributed by atoms with E-state index in [0.717, 1.165) is 5.69 Å². The summed E-state index contributed by atoms with van der Waals surface area (Å²) >= 11 is 0. The van der Waals surface area contributed by atoms with Crippen LogP contribution < -0.4 is 20.7 Å². The Balaban J connectivity index is 1.53. The first-order valence-corrected chi connectivity index (χ1v) is 13.7. The summed E-state index contributed by atoms with van der Waals surface area (Å²) in [6.45, 7) is 1.92. The zero-order valence-corrected chi connectivity index (χ0v) is 21.9. The first-order chi connectivity index (χ1) is 18.1. The Labute approximate surface area is 221 Å². The second-order valence-corrected chi connectivity index (χ2v) is 10.4. The molecule has 38 heavy (non-hydrogen) atoms. The van der Waals surface area contributed by atoms with Crippen LogP contribution in [0.15, 0.2) is 54.6 Å². The monoisotopic (exact) mass is 544 g/mol. The zero-order chi connectivity index (χ0) is 27.7. The van der Waals surface area contributed by atoms with Crippen molar-refractivity contribution in [1.82, 2.24) is 14.9 Å². The molecule has 0 aromatic heterocycles. The van der Waals surface area contributed by atoms with Gasteiger partial charge in [-0.15, -0.1) is 0 Å². The van der Waals surface area contributed by atoms with Crippen LogP contribution in [0.2, 0.25) is 0 Å². The highest BCUT2D eigenvalue weighted by Crippen LogP contribution is 2.17. The van der Waals surface area contributed by atoms with Crippen LogP contribution in [0.4, 0.5) is 5.69 Å². The Kier molecular flexibility index (Phi) is 9.79. The number of sulfonamides is 1. The molecular formula is C25H32N6O6S. The van der Waals surface area contributed by atoms with Crippen molar-refractivity contribution in [2.45, 2.75) is 18.7 Å². The third kappa shape index (κ3) is 8.28. The number of carbonyl (C=O) groups is 3. The van der Waals surface area contributed by atoms with Crippen LogP contribution in [-0.2, 0) is 34.9 Å². The average molecular weight is 545 g/mol. The topological polar surface area (TPSA) is 175 Å². The van der Waals surface area contributed by atoms with Gasteiger partial charge in [0.2, 0.25) is 21.8 Å². The van der Waals surface area contributed by atoms with Gasteiger partial charge in [-0.25, -0.2) is 8.42 Å². The first kappa shape index (κ1) is 28.6. The number of hydrogen-bond donors (Lipinski definition) is 4. The maximum absolute atomic E-state index is 12.7. The summed E-state index contributed by atoms with van der Waals surface area (Å²) in [7, 11) is -3.91. The number of amidine groups is 1. The van der Waals surface area contributed by atoms with Crippen LogP contribution >= 0.6 is 0 Å². The third-order valence-electron chi connectivity index (χ3n) is 5.79. The van der Waals surface area contributed by atoms with Gasteiger partial charge in [-0.1, -0.05) is 30.3 Å². The molecule has 0 aliphatic carbocycles. The molecule has 13 heteroatoms. The summed E-state index contributed by atoms with van der Waals surface area (Å²) in [6, 6.07) is 14.1. The fourth-order valence-corrected chi connectivity index (χ4v) is 5.19. The number of anilines is 1. The van der Waals surface area contributed by atoms with Gasteiger partial charge >= 0.3 is 5.97 Å². The van der Waals surface area contributed by atoms with Crippen molar-refractivity contribution in [3.63, 3.8) is 0 Å². The van der Waals surface area contributed by atoms with Crippen molar-refractivity contribution in [1.29, 1.82) is 5.41 Å². The molecule has 1 saturated heterocycles. The highest BCUT2D eigenvalue weighted by molar-refractivity contribution is 7.88. The Morgan fingerprint density at radius 2 is 1.79 bits per heavy atom. The van der Waals surface area contributed by atoms with Crippen molar-refractivity contribution >= 4 is 39.3 Å². The number of esters is 1. The number of rotatable bonds is 12. The Morgan fingerprint density at radius 1 is 1.11 bits per heavy atom. The number of piperazine rings is 1. The third-order valence-corrected chi connectivity index (χ3v) is 7.15. The summed E-state index contributed by atoms with van der Waals surface area (Å²) in [5.41, 5.74) is 7.40. The second kappa shape index (κ2) is 13.0. The van der Waals surface area contributed by atoms with Gasteiger partial charge in [-0.2, -0.15) is 4.72 Å². The standard InChI is InChI=1S/C25H32N6O6S/c1-2-37-25(34)21(29-38(35,36)17-18-6-4-3-5-7-18)14-28-22(32)15-31-13-12-30(16-23(31)33)20-10-8-19(9-11-20)24(26)27/h3-11,21,29H,2,12-17H2,1H3,(H3,26,27)(H,28,32)/t21-/m0/s1. The van der Waals surface area contributed by atoms with Crippen LogP contribution in [0.1, 0.15) is 18.1 Å². The lowest BCUT2D eigenvalue weighted by molar-refractivity contribution is -0.145. The van der Waals surface area contributed by atoms with E-state index in [1.165, 1.54) is 4.90 Å². The largest absolute Gasteiger partial charge is 0.465 e.